The number of benzene rings is 1. The van der Waals surface area contributed by atoms with Crippen molar-refractivity contribution in [2.45, 2.75) is 19.1 Å². The predicted octanol–water partition coefficient (Wildman–Crippen LogP) is 2.13. The standard InChI is InChI=1S/C14H14BrNO4/c15-10-4-1-3-9-12(10)16(14(18)13(9)17)6-5-11-19-7-2-8-20-11/h1,3-4,11H,2,5-8H2. The van der Waals surface area contributed by atoms with E-state index < -0.39 is 11.7 Å². The Labute approximate surface area is 125 Å². The molecule has 0 N–H and O–H groups in total. The van der Waals surface area contributed by atoms with E-state index in [4.69, 9.17) is 9.47 Å². The molecule has 0 aliphatic carbocycles. The van der Waals surface area contributed by atoms with Crippen LogP contribution in [0.5, 0.6) is 0 Å². The molecule has 1 fully saturated rings. The zero-order valence-electron chi connectivity index (χ0n) is 10.8. The van der Waals surface area contributed by atoms with E-state index >= 15 is 0 Å². The first-order chi connectivity index (χ1) is 9.68. The summed E-state index contributed by atoms with van der Waals surface area (Å²) in [7, 11) is 0. The molecule has 1 amide bonds. The molecule has 0 bridgehead atoms. The Morgan fingerprint density at radius 3 is 2.75 bits per heavy atom. The van der Waals surface area contributed by atoms with Gasteiger partial charge in [0.2, 0.25) is 0 Å². The molecule has 0 aromatic heterocycles. The predicted molar refractivity (Wildman–Crippen MR) is 75.8 cm³/mol. The van der Waals surface area contributed by atoms with Gasteiger partial charge < -0.3 is 14.4 Å². The quantitative estimate of drug-likeness (QED) is 0.791. The minimum atomic E-state index is -0.484. The maximum absolute atomic E-state index is 12.1. The number of carbonyl (C=O) groups excluding carboxylic acids is 2. The van der Waals surface area contributed by atoms with E-state index in [-0.39, 0.29) is 6.29 Å². The van der Waals surface area contributed by atoms with E-state index in [1.54, 1.807) is 12.1 Å². The summed E-state index contributed by atoms with van der Waals surface area (Å²) in [5.41, 5.74) is 1.10. The Hall–Kier alpha value is -1.24. The number of fused-ring (bicyclic) bond motifs is 1. The Kier molecular flexibility index (Phi) is 3.87. The molecule has 1 aromatic rings. The summed E-state index contributed by atoms with van der Waals surface area (Å²) in [6, 6.07) is 5.25. The van der Waals surface area contributed by atoms with Crippen molar-refractivity contribution in [2.24, 2.45) is 0 Å². The topological polar surface area (TPSA) is 55.8 Å². The maximum atomic E-state index is 12.1. The van der Waals surface area contributed by atoms with Crippen molar-refractivity contribution in [3.8, 4) is 0 Å². The van der Waals surface area contributed by atoms with Crippen LogP contribution in [0.2, 0.25) is 0 Å². The molecule has 0 unspecified atom stereocenters. The number of ketones is 1. The zero-order valence-corrected chi connectivity index (χ0v) is 12.4. The summed E-state index contributed by atoms with van der Waals surface area (Å²) < 4.78 is 11.7. The first-order valence-electron chi connectivity index (χ1n) is 6.56. The molecule has 2 aliphatic rings. The molecule has 1 saturated heterocycles. The van der Waals surface area contributed by atoms with E-state index in [0.717, 1.165) is 10.9 Å². The average Bonchev–Trinajstić information content (AvgIpc) is 2.72. The first kappa shape index (κ1) is 13.7. The van der Waals surface area contributed by atoms with Crippen LogP contribution in [0.1, 0.15) is 23.2 Å². The Balaban J connectivity index is 1.77. The van der Waals surface area contributed by atoms with Gasteiger partial charge in [0.1, 0.15) is 0 Å². The van der Waals surface area contributed by atoms with Gasteiger partial charge in [-0.25, -0.2) is 0 Å². The molecular formula is C14H14BrNO4. The fourth-order valence-corrected chi connectivity index (χ4v) is 3.04. The van der Waals surface area contributed by atoms with Crippen LogP contribution < -0.4 is 4.90 Å². The monoisotopic (exact) mass is 339 g/mol. The summed E-state index contributed by atoms with van der Waals surface area (Å²) in [4.78, 5) is 25.5. The van der Waals surface area contributed by atoms with Gasteiger partial charge in [0.15, 0.2) is 6.29 Å². The summed E-state index contributed by atoms with van der Waals surface area (Å²) in [6.45, 7) is 1.76. The third kappa shape index (κ3) is 2.39. The summed E-state index contributed by atoms with van der Waals surface area (Å²) in [5, 5.41) is 0. The Bertz CT molecular complexity index is 554. The number of para-hydroxylation sites is 1. The number of nitrogens with zero attached hydrogens (tertiary/aromatic N) is 1. The number of carbonyl (C=O) groups is 2. The molecule has 1 aromatic carbocycles. The second kappa shape index (κ2) is 5.63. The van der Waals surface area contributed by atoms with Crippen molar-refractivity contribution in [1.82, 2.24) is 0 Å². The molecule has 2 aliphatic heterocycles. The molecule has 0 atom stereocenters. The first-order valence-corrected chi connectivity index (χ1v) is 7.35. The molecule has 0 saturated carbocycles. The zero-order chi connectivity index (χ0) is 14.1. The number of hydrogen-bond donors (Lipinski definition) is 0. The summed E-state index contributed by atoms with van der Waals surface area (Å²) in [5.74, 6) is -0.936. The average molecular weight is 340 g/mol. The molecule has 6 heteroatoms. The van der Waals surface area contributed by atoms with E-state index in [2.05, 4.69) is 15.9 Å². The van der Waals surface area contributed by atoms with Crippen LogP contribution in [0.25, 0.3) is 0 Å². The number of amides is 1. The van der Waals surface area contributed by atoms with Gasteiger partial charge in [-0.2, -0.15) is 0 Å². The number of rotatable bonds is 3. The highest BCUT2D eigenvalue weighted by Gasteiger charge is 2.37. The molecule has 106 valence electrons. The van der Waals surface area contributed by atoms with Crippen LogP contribution in [0.15, 0.2) is 22.7 Å². The lowest BCUT2D eigenvalue weighted by Crippen LogP contribution is -2.35. The molecule has 2 heterocycles. The molecule has 5 nitrogen and oxygen atoms in total. The normalized spacial score (nSPS) is 19.6. The maximum Gasteiger partial charge on any atom is 0.299 e. The highest BCUT2D eigenvalue weighted by molar-refractivity contribution is 9.10. The minimum Gasteiger partial charge on any atom is -0.353 e. The van der Waals surface area contributed by atoms with Gasteiger partial charge in [-0.3, -0.25) is 9.59 Å². The fourth-order valence-electron chi connectivity index (χ4n) is 2.46. The van der Waals surface area contributed by atoms with Gasteiger partial charge in [0, 0.05) is 17.4 Å². The van der Waals surface area contributed by atoms with Crippen LogP contribution in [0, 0.1) is 0 Å². The van der Waals surface area contributed by atoms with Crippen molar-refractivity contribution in [2.75, 3.05) is 24.7 Å². The Morgan fingerprint density at radius 1 is 1.25 bits per heavy atom. The van der Waals surface area contributed by atoms with E-state index in [9.17, 15) is 9.59 Å². The molecule has 0 spiro atoms. The van der Waals surface area contributed by atoms with Crippen molar-refractivity contribution in [1.29, 1.82) is 0 Å². The van der Waals surface area contributed by atoms with Gasteiger partial charge in [0.25, 0.3) is 11.7 Å². The number of hydrogen-bond acceptors (Lipinski definition) is 4. The number of Topliss-reactive ketones (excluding diaryl/α,β-unsaturated/α-hetero) is 1. The van der Waals surface area contributed by atoms with Crippen LogP contribution in [-0.2, 0) is 14.3 Å². The molecule has 0 radical (unpaired) electrons. The Morgan fingerprint density at radius 2 is 2.00 bits per heavy atom. The van der Waals surface area contributed by atoms with Gasteiger partial charge in [0.05, 0.1) is 24.5 Å². The minimum absolute atomic E-state index is 0.293. The van der Waals surface area contributed by atoms with Crippen LogP contribution in [0.3, 0.4) is 0 Å². The van der Waals surface area contributed by atoms with Gasteiger partial charge in [-0.15, -0.1) is 0 Å². The third-order valence-corrected chi connectivity index (χ3v) is 4.07. The summed E-state index contributed by atoms with van der Waals surface area (Å²) in [6.07, 6.45) is 1.16. The fraction of sp³-hybridized carbons (Fsp3) is 0.429. The smallest absolute Gasteiger partial charge is 0.299 e. The highest BCUT2D eigenvalue weighted by Crippen LogP contribution is 2.36. The lowest BCUT2D eigenvalue weighted by molar-refractivity contribution is -0.179. The molecule has 20 heavy (non-hydrogen) atoms. The van der Waals surface area contributed by atoms with Crippen molar-refractivity contribution in [3.63, 3.8) is 0 Å². The van der Waals surface area contributed by atoms with Crippen molar-refractivity contribution < 1.29 is 19.1 Å². The third-order valence-electron chi connectivity index (χ3n) is 3.43. The van der Waals surface area contributed by atoms with Gasteiger partial charge in [-0.1, -0.05) is 6.07 Å². The molecular weight excluding hydrogens is 326 g/mol. The van der Waals surface area contributed by atoms with Crippen LogP contribution in [-0.4, -0.2) is 37.7 Å². The number of anilines is 1. The number of halogens is 1. The van der Waals surface area contributed by atoms with E-state index in [1.807, 2.05) is 6.07 Å². The van der Waals surface area contributed by atoms with Crippen LogP contribution >= 0.6 is 15.9 Å². The van der Waals surface area contributed by atoms with Gasteiger partial charge >= 0.3 is 0 Å². The molecule has 3 rings (SSSR count). The van der Waals surface area contributed by atoms with E-state index in [1.165, 1.54) is 4.90 Å². The highest BCUT2D eigenvalue weighted by atomic mass is 79.9. The van der Waals surface area contributed by atoms with E-state index in [0.29, 0.717) is 37.4 Å². The SMILES string of the molecule is O=C1C(=O)N(CCC2OCCCO2)c2c(Br)cccc21. The lowest BCUT2D eigenvalue weighted by Gasteiger charge is -2.25. The largest absolute Gasteiger partial charge is 0.353 e. The number of ether oxygens (including phenoxy) is 2. The van der Waals surface area contributed by atoms with Crippen molar-refractivity contribution in [3.05, 3.63) is 28.2 Å². The van der Waals surface area contributed by atoms with Gasteiger partial charge in [-0.05, 0) is 34.5 Å². The van der Waals surface area contributed by atoms with Crippen molar-refractivity contribution >= 4 is 33.3 Å². The summed E-state index contributed by atoms with van der Waals surface area (Å²) >= 11 is 3.40. The second-order valence-corrected chi connectivity index (χ2v) is 5.59. The van der Waals surface area contributed by atoms with Crippen LogP contribution in [0.4, 0.5) is 5.69 Å². The second-order valence-electron chi connectivity index (χ2n) is 4.74. The lowest BCUT2D eigenvalue weighted by atomic mass is 10.1.